The second-order valence-corrected chi connectivity index (χ2v) is 3.09. The van der Waals surface area contributed by atoms with Crippen LogP contribution in [-0.4, -0.2) is 11.6 Å². The zero-order valence-corrected chi connectivity index (χ0v) is 8.32. The van der Waals surface area contributed by atoms with Crippen LogP contribution in [0.2, 0.25) is 0 Å². The van der Waals surface area contributed by atoms with E-state index in [0.29, 0.717) is 0 Å². The van der Waals surface area contributed by atoms with E-state index in [9.17, 15) is 18.0 Å². The van der Waals surface area contributed by atoms with Crippen molar-refractivity contribution in [1.82, 2.24) is 0 Å². The maximum atomic E-state index is 11.9. The second-order valence-electron chi connectivity index (χ2n) is 2.75. The van der Waals surface area contributed by atoms with Crippen molar-refractivity contribution in [1.29, 1.82) is 0 Å². The molecule has 0 radical (unpaired) electrons. The molecule has 0 saturated heterocycles. The van der Waals surface area contributed by atoms with Crippen LogP contribution in [0.3, 0.4) is 0 Å². The first kappa shape index (κ1) is 11.8. The molecular formula is C9H6ClF3O2. The number of rotatable bonds is 2. The van der Waals surface area contributed by atoms with Crippen molar-refractivity contribution in [3.63, 3.8) is 0 Å². The third-order valence-electron chi connectivity index (χ3n) is 1.72. The van der Waals surface area contributed by atoms with Crippen LogP contribution in [0, 0.1) is 6.92 Å². The van der Waals surface area contributed by atoms with Gasteiger partial charge in [0.1, 0.15) is 5.75 Å². The molecule has 0 fully saturated rings. The standard InChI is InChI=1S/C9H6ClF3O2/c1-5-6(8(10)14)3-2-4-7(5)15-9(11,12)13/h2-4H,1H3. The lowest BCUT2D eigenvalue weighted by molar-refractivity contribution is -0.274. The molecule has 0 aliphatic heterocycles. The number of ether oxygens (including phenoxy) is 1. The molecule has 0 saturated carbocycles. The van der Waals surface area contributed by atoms with E-state index >= 15 is 0 Å². The van der Waals surface area contributed by atoms with Gasteiger partial charge in [0.25, 0.3) is 5.24 Å². The van der Waals surface area contributed by atoms with Gasteiger partial charge in [-0.3, -0.25) is 4.79 Å². The van der Waals surface area contributed by atoms with Gasteiger partial charge in [-0.2, -0.15) is 0 Å². The number of halogens is 4. The summed E-state index contributed by atoms with van der Waals surface area (Å²) in [5.74, 6) is -0.422. The molecule has 82 valence electrons. The minimum atomic E-state index is -4.78. The normalized spacial score (nSPS) is 11.3. The van der Waals surface area contributed by atoms with Crippen LogP contribution < -0.4 is 4.74 Å². The molecular weight excluding hydrogens is 233 g/mol. The van der Waals surface area contributed by atoms with E-state index in [0.717, 1.165) is 6.07 Å². The van der Waals surface area contributed by atoms with Crippen molar-refractivity contribution < 1.29 is 22.7 Å². The highest BCUT2D eigenvalue weighted by Crippen LogP contribution is 2.28. The van der Waals surface area contributed by atoms with E-state index in [1.165, 1.54) is 19.1 Å². The van der Waals surface area contributed by atoms with E-state index in [2.05, 4.69) is 4.74 Å². The zero-order valence-electron chi connectivity index (χ0n) is 7.56. The SMILES string of the molecule is Cc1c(OC(F)(F)F)cccc1C(=O)Cl. The first-order valence-corrected chi connectivity index (χ1v) is 4.24. The van der Waals surface area contributed by atoms with Crippen molar-refractivity contribution in [2.24, 2.45) is 0 Å². The van der Waals surface area contributed by atoms with Gasteiger partial charge in [-0.25, -0.2) is 0 Å². The fourth-order valence-corrected chi connectivity index (χ4v) is 1.27. The van der Waals surface area contributed by atoms with Gasteiger partial charge in [0.15, 0.2) is 0 Å². The molecule has 0 heterocycles. The Morgan fingerprint density at radius 3 is 2.47 bits per heavy atom. The fraction of sp³-hybridized carbons (Fsp3) is 0.222. The van der Waals surface area contributed by atoms with Crippen LogP contribution in [0.1, 0.15) is 15.9 Å². The highest BCUT2D eigenvalue weighted by Gasteiger charge is 2.32. The molecule has 1 aromatic carbocycles. The molecule has 6 heteroatoms. The first-order chi connectivity index (χ1) is 6.81. The number of benzene rings is 1. The number of hydrogen-bond acceptors (Lipinski definition) is 2. The summed E-state index contributed by atoms with van der Waals surface area (Å²) in [5, 5.41) is -0.819. The predicted octanol–water partition coefficient (Wildman–Crippen LogP) is 3.27. The molecule has 0 amide bonds. The van der Waals surface area contributed by atoms with Gasteiger partial charge >= 0.3 is 6.36 Å². The molecule has 0 unspecified atom stereocenters. The van der Waals surface area contributed by atoms with Crippen LogP contribution in [0.15, 0.2) is 18.2 Å². The lowest BCUT2D eigenvalue weighted by Gasteiger charge is -2.12. The summed E-state index contributed by atoms with van der Waals surface area (Å²) in [7, 11) is 0. The Labute approximate surface area is 88.6 Å². The van der Waals surface area contributed by atoms with E-state index < -0.39 is 17.4 Å². The molecule has 0 atom stereocenters. The first-order valence-electron chi connectivity index (χ1n) is 3.86. The van der Waals surface area contributed by atoms with Gasteiger partial charge in [-0.05, 0) is 30.7 Å². The Kier molecular flexibility index (Phi) is 3.24. The largest absolute Gasteiger partial charge is 0.573 e. The lowest BCUT2D eigenvalue weighted by atomic mass is 10.1. The molecule has 0 aliphatic rings. The molecule has 0 aromatic heterocycles. The smallest absolute Gasteiger partial charge is 0.405 e. The molecule has 0 N–H and O–H groups in total. The highest BCUT2D eigenvalue weighted by molar-refractivity contribution is 6.67. The molecule has 2 nitrogen and oxygen atoms in total. The Balaban J connectivity index is 3.10. The van der Waals surface area contributed by atoms with Crippen molar-refractivity contribution in [2.75, 3.05) is 0 Å². The van der Waals surface area contributed by atoms with E-state index in [1.807, 2.05) is 0 Å². The van der Waals surface area contributed by atoms with Crippen LogP contribution in [0.25, 0.3) is 0 Å². The van der Waals surface area contributed by atoms with E-state index in [1.54, 1.807) is 0 Å². The summed E-state index contributed by atoms with van der Waals surface area (Å²) < 4.78 is 39.5. The molecule has 0 spiro atoms. The maximum Gasteiger partial charge on any atom is 0.573 e. The quantitative estimate of drug-likeness (QED) is 0.739. The van der Waals surface area contributed by atoms with Gasteiger partial charge < -0.3 is 4.74 Å². The summed E-state index contributed by atoms with van der Waals surface area (Å²) in [5.41, 5.74) is 0.0632. The van der Waals surface area contributed by atoms with Gasteiger partial charge in [0, 0.05) is 11.1 Å². The molecule has 15 heavy (non-hydrogen) atoms. The number of alkyl halides is 3. The Morgan fingerprint density at radius 1 is 1.40 bits per heavy atom. The second kappa shape index (κ2) is 4.10. The zero-order chi connectivity index (χ0) is 11.6. The Bertz CT molecular complexity index is 387. The topological polar surface area (TPSA) is 26.3 Å². The minimum absolute atomic E-state index is 0.00147. The number of hydrogen-bond donors (Lipinski definition) is 0. The van der Waals surface area contributed by atoms with Crippen molar-refractivity contribution in [3.05, 3.63) is 29.3 Å². The summed E-state index contributed by atoms with van der Waals surface area (Å²) in [6.07, 6.45) is -4.78. The molecule has 1 aromatic rings. The van der Waals surface area contributed by atoms with Gasteiger partial charge in [0.05, 0.1) is 0 Å². The Hall–Kier alpha value is -1.23. The van der Waals surface area contributed by atoms with Crippen LogP contribution in [0.5, 0.6) is 5.75 Å². The van der Waals surface area contributed by atoms with Crippen LogP contribution in [0.4, 0.5) is 13.2 Å². The van der Waals surface area contributed by atoms with Gasteiger partial charge in [-0.1, -0.05) is 6.07 Å². The number of carbonyl (C=O) groups is 1. The monoisotopic (exact) mass is 238 g/mol. The number of carbonyl (C=O) groups excluding carboxylic acids is 1. The average Bonchev–Trinajstić information content (AvgIpc) is 2.05. The minimum Gasteiger partial charge on any atom is -0.405 e. The van der Waals surface area contributed by atoms with Crippen molar-refractivity contribution >= 4 is 16.8 Å². The highest BCUT2D eigenvalue weighted by atomic mass is 35.5. The summed E-state index contributed by atoms with van der Waals surface area (Å²) in [6.45, 7) is 1.33. The van der Waals surface area contributed by atoms with Crippen LogP contribution in [-0.2, 0) is 0 Å². The fourth-order valence-electron chi connectivity index (χ4n) is 1.06. The van der Waals surface area contributed by atoms with Gasteiger partial charge in [0.2, 0.25) is 0 Å². The third-order valence-corrected chi connectivity index (χ3v) is 1.93. The summed E-state index contributed by atoms with van der Waals surface area (Å²) >= 11 is 5.18. The third kappa shape index (κ3) is 3.13. The van der Waals surface area contributed by atoms with Crippen molar-refractivity contribution in [3.8, 4) is 5.75 Å². The molecule has 0 bridgehead atoms. The van der Waals surface area contributed by atoms with E-state index in [4.69, 9.17) is 11.6 Å². The van der Waals surface area contributed by atoms with Crippen LogP contribution >= 0.6 is 11.6 Å². The summed E-state index contributed by atoms with van der Waals surface area (Å²) in [6, 6.07) is 3.71. The average molecular weight is 239 g/mol. The molecule has 1 rings (SSSR count). The Morgan fingerprint density at radius 2 is 2.00 bits per heavy atom. The summed E-state index contributed by atoms with van der Waals surface area (Å²) in [4.78, 5) is 10.8. The van der Waals surface area contributed by atoms with Gasteiger partial charge in [-0.15, -0.1) is 13.2 Å². The van der Waals surface area contributed by atoms with Crippen molar-refractivity contribution in [2.45, 2.75) is 13.3 Å². The molecule has 0 aliphatic carbocycles. The van der Waals surface area contributed by atoms with E-state index in [-0.39, 0.29) is 11.1 Å². The predicted molar refractivity (Wildman–Crippen MR) is 48.0 cm³/mol. The maximum absolute atomic E-state index is 11.9. The lowest BCUT2D eigenvalue weighted by Crippen LogP contribution is -2.18.